The third-order valence-corrected chi connectivity index (χ3v) is 6.63. The first-order chi connectivity index (χ1) is 14.6. The zero-order chi connectivity index (χ0) is 21.0. The van der Waals surface area contributed by atoms with Crippen molar-refractivity contribution in [1.29, 1.82) is 0 Å². The van der Waals surface area contributed by atoms with Gasteiger partial charge in [-0.05, 0) is 36.5 Å². The van der Waals surface area contributed by atoms with Crippen LogP contribution in [0.3, 0.4) is 0 Å². The van der Waals surface area contributed by atoms with Crippen LogP contribution in [0.1, 0.15) is 39.5 Å². The molecule has 156 valence electrons. The Balaban J connectivity index is 1.47. The van der Waals surface area contributed by atoms with E-state index < -0.39 is 5.41 Å². The number of aromatic nitrogens is 1. The molecule has 0 saturated carbocycles. The van der Waals surface area contributed by atoms with Gasteiger partial charge < -0.3 is 10.0 Å². The van der Waals surface area contributed by atoms with Crippen molar-refractivity contribution >= 4 is 17.2 Å². The fourth-order valence-electron chi connectivity index (χ4n) is 4.18. The van der Waals surface area contributed by atoms with Crippen LogP contribution in [0.4, 0.5) is 4.39 Å². The number of amides is 1. The largest absolute Gasteiger partial charge is 0.396 e. The fraction of sp³-hybridized carbons (Fsp3) is 0.333. The van der Waals surface area contributed by atoms with Gasteiger partial charge in [0.25, 0.3) is 5.91 Å². The zero-order valence-corrected chi connectivity index (χ0v) is 17.6. The normalized spacial score (nSPS) is 19.1. The van der Waals surface area contributed by atoms with E-state index in [1.807, 2.05) is 35.7 Å². The van der Waals surface area contributed by atoms with E-state index in [0.717, 1.165) is 23.4 Å². The minimum atomic E-state index is -0.529. The first kappa shape index (κ1) is 20.7. The maximum Gasteiger partial charge on any atom is 0.273 e. The highest BCUT2D eigenvalue weighted by Crippen LogP contribution is 2.34. The van der Waals surface area contributed by atoms with E-state index in [0.29, 0.717) is 37.2 Å². The zero-order valence-electron chi connectivity index (χ0n) is 16.8. The molecule has 1 aliphatic rings. The van der Waals surface area contributed by atoms with Crippen LogP contribution >= 0.6 is 11.3 Å². The number of nitrogens with zero attached hydrogens (tertiary/aromatic N) is 2. The van der Waals surface area contributed by atoms with Gasteiger partial charge in [-0.3, -0.25) is 4.79 Å². The summed E-state index contributed by atoms with van der Waals surface area (Å²) in [7, 11) is 0. The van der Waals surface area contributed by atoms with Crippen LogP contribution in [-0.2, 0) is 12.8 Å². The molecule has 2 aromatic carbocycles. The molecule has 0 spiro atoms. The van der Waals surface area contributed by atoms with Crippen molar-refractivity contribution in [3.05, 3.63) is 87.6 Å². The number of halogens is 1. The Morgan fingerprint density at radius 3 is 2.70 bits per heavy atom. The Kier molecular flexibility index (Phi) is 6.25. The van der Waals surface area contributed by atoms with E-state index in [-0.39, 0.29) is 18.3 Å². The maximum atomic E-state index is 14.2. The highest BCUT2D eigenvalue weighted by atomic mass is 32.1. The molecule has 1 aromatic heterocycles. The van der Waals surface area contributed by atoms with Crippen molar-refractivity contribution in [2.75, 3.05) is 19.7 Å². The van der Waals surface area contributed by atoms with Crippen LogP contribution in [0.2, 0.25) is 0 Å². The Morgan fingerprint density at radius 1 is 1.17 bits per heavy atom. The lowest BCUT2D eigenvalue weighted by Crippen LogP contribution is -2.49. The molecule has 1 saturated heterocycles. The van der Waals surface area contributed by atoms with Crippen LogP contribution in [0.15, 0.2) is 60.0 Å². The number of piperidine rings is 1. The van der Waals surface area contributed by atoms with Crippen molar-refractivity contribution in [2.45, 2.75) is 25.7 Å². The minimum absolute atomic E-state index is 0.0819. The summed E-state index contributed by atoms with van der Waals surface area (Å²) >= 11 is 1.49. The number of rotatable bonds is 6. The number of hydrogen-bond donors (Lipinski definition) is 1. The van der Waals surface area contributed by atoms with Crippen molar-refractivity contribution in [2.24, 2.45) is 5.41 Å². The van der Waals surface area contributed by atoms with Gasteiger partial charge in [-0.25, -0.2) is 9.37 Å². The quantitative estimate of drug-likeness (QED) is 0.641. The minimum Gasteiger partial charge on any atom is -0.396 e. The molecule has 1 fully saturated rings. The Hall–Kier alpha value is -2.57. The second kappa shape index (κ2) is 9.06. The smallest absolute Gasteiger partial charge is 0.273 e. The highest BCUT2D eigenvalue weighted by Gasteiger charge is 2.38. The van der Waals surface area contributed by atoms with Crippen molar-refractivity contribution in [3.63, 3.8) is 0 Å². The summed E-state index contributed by atoms with van der Waals surface area (Å²) < 4.78 is 14.2. The molecular weight excluding hydrogens is 399 g/mol. The number of carbonyl (C=O) groups is 1. The van der Waals surface area contributed by atoms with E-state index in [4.69, 9.17) is 0 Å². The molecule has 1 amide bonds. The van der Waals surface area contributed by atoms with Gasteiger partial charge in [0.05, 0.1) is 11.6 Å². The van der Waals surface area contributed by atoms with Crippen LogP contribution in [0, 0.1) is 11.2 Å². The van der Waals surface area contributed by atoms with Gasteiger partial charge in [-0.2, -0.15) is 0 Å². The van der Waals surface area contributed by atoms with Crippen LogP contribution in [0.5, 0.6) is 0 Å². The van der Waals surface area contributed by atoms with E-state index in [2.05, 4.69) is 4.98 Å². The summed E-state index contributed by atoms with van der Waals surface area (Å²) in [5.74, 6) is -0.379. The standard InChI is InChI=1S/C24H25FN2O2S/c25-20-10-5-4-9-19(20)14-24(17-28)11-6-12-27(16-24)23(29)21-15-30-22(26-21)13-18-7-2-1-3-8-18/h1-5,7-10,15,28H,6,11-14,16-17H2/t24-/m1/s1. The van der Waals surface area contributed by atoms with E-state index in [9.17, 15) is 14.3 Å². The molecule has 4 rings (SSSR count). The monoisotopic (exact) mass is 424 g/mol. The lowest BCUT2D eigenvalue weighted by atomic mass is 9.75. The lowest BCUT2D eigenvalue weighted by molar-refractivity contribution is 0.0265. The molecule has 2 heterocycles. The molecule has 1 aliphatic heterocycles. The SMILES string of the molecule is O=C(c1csc(Cc2ccccc2)n1)N1CCC[C@@](CO)(Cc2ccccc2F)C1. The average Bonchev–Trinajstić information content (AvgIpc) is 3.24. The maximum absolute atomic E-state index is 14.2. The molecule has 1 atom stereocenters. The molecule has 0 bridgehead atoms. The molecule has 3 aromatic rings. The number of thiazole rings is 1. The number of hydrogen-bond acceptors (Lipinski definition) is 4. The number of benzene rings is 2. The van der Waals surface area contributed by atoms with Gasteiger partial charge in [-0.15, -0.1) is 11.3 Å². The van der Waals surface area contributed by atoms with Crippen molar-refractivity contribution in [1.82, 2.24) is 9.88 Å². The van der Waals surface area contributed by atoms with Gasteiger partial charge in [-0.1, -0.05) is 48.5 Å². The molecule has 0 unspecified atom stereocenters. The predicted molar refractivity (Wildman–Crippen MR) is 116 cm³/mol. The number of likely N-dealkylation sites (tertiary alicyclic amines) is 1. The summed E-state index contributed by atoms with van der Waals surface area (Å²) in [5, 5.41) is 12.9. The Labute approximate surface area is 180 Å². The first-order valence-electron chi connectivity index (χ1n) is 10.2. The van der Waals surface area contributed by atoms with E-state index in [1.165, 1.54) is 17.4 Å². The summed E-state index contributed by atoms with van der Waals surface area (Å²) in [6.07, 6.45) is 2.66. The highest BCUT2D eigenvalue weighted by molar-refractivity contribution is 7.09. The van der Waals surface area contributed by atoms with Gasteiger partial charge in [0, 0.05) is 30.3 Å². The third kappa shape index (κ3) is 4.60. The molecule has 0 radical (unpaired) electrons. The number of carbonyl (C=O) groups excluding carboxylic acids is 1. The summed E-state index contributed by atoms with van der Waals surface area (Å²) in [5.41, 5.74) is 1.66. The van der Waals surface area contributed by atoms with Gasteiger partial charge >= 0.3 is 0 Å². The summed E-state index contributed by atoms with van der Waals surface area (Å²) in [6, 6.07) is 16.7. The molecule has 6 heteroatoms. The Bertz CT molecular complexity index is 1010. The topological polar surface area (TPSA) is 53.4 Å². The molecule has 30 heavy (non-hydrogen) atoms. The van der Waals surface area contributed by atoms with Crippen molar-refractivity contribution < 1.29 is 14.3 Å². The predicted octanol–water partition coefficient (Wildman–Crippen LogP) is 4.33. The van der Waals surface area contributed by atoms with E-state index >= 15 is 0 Å². The molecule has 1 N–H and O–H groups in total. The second-order valence-electron chi connectivity index (χ2n) is 8.05. The van der Waals surface area contributed by atoms with Gasteiger partial charge in [0.1, 0.15) is 11.5 Å². The lowest BCUT2D eigenvalue weighted by Gasteiger charge is -2.41. The Morgan fingerprint density at radius 2 is 1.93 bits per heavy atom. The first-order valence-corrected chi connectivity index (χ1v) is 11.1. The van der Waals surface area contributed by atoms with Crippen LogP contribution in [-0.4, -0.2) is 40.6 Å². The van der Waals surface area contributed by atoms with E-state index in [1.54, 1.807) is 23.1 Å². The third-order valence-electron chi connectivity index (χ3n) is 5.78. The van der Waals surface area contributed by atoms with Crippen LogP contribution in [0.25, 0.3) is 0 Å². The van der Waals surface area contributed by atoms with Crippen molar-refractivity contribution in [3.8, 4) is 0 Å². The summed E-state index contributed by atoms with van der Waals surface area (Å²) in [4.78, 5) is 19.4. The fourth-order valence-corrected chi connectivity index (χ4v) is 4.98. The number of aliphatic hydroxyl groups is 1. The molecule has 0 aliphatic carbocycles. The molecule has 4 nitrogen and oxygen atoms in total. The average molecular weight is 425 g/mol. The number of aliphatic hydroxyl groups excluding tert-OH is 1. The summed E-state index contributed by atoms with van der Waals surface area (Å²) in [6.45, 7) is 0.951. The van der Waals surface area contributed by atoms with Gasteiger partial charge in [0.2, 0.25) is 0 Å². The van der Waals surface area contributed by atoms with Gasteiger partial charge in [0.15, 0.2) is 0 Å². The molecular formula is C24H25FN2O2S. The van der Waals surface area contributed by atoms with Crippen LogP contribution < -0.4 is 0 Å². The second-order valence-corrected chi connectivity index (χ2v) is 8.99.